The van der Waals surface area contributed by atoms with Gasteiger partial charge in [0.1, 0.15) is 0 Å². The molecule has 1 aliphatic heterocycles. The summed E-state index contributed by atoms with van der Waals surface area (Å²) in [5, 5.41) is 2.64. The van der Waals surface area contributed by atoms with Crippen molar-refractivity contribution in [1.82, 2.24) is 15.0 Å². The van der Waals surface area contributed by atoms with Crippen molar-refractivity contribution in [3.8, 4) is 0 Å². The molecule has 110 valence electrons. The summed E-state index contributed by atoms with van der Waals surface area (Å²) in [6.07, 6.45) is 6.87. The monoisotopic (exact) mass is 303 g/mol. The van der Waals surface area contributed by atoms with Crippen LogP contribution in [0.1, 0.15) is 12.8 Å². The molecule has 3 heterocycles. The Labute approximate surface area is 127 Å². The van der Waals surface area contributed by atoms with Crippen LogP contribution in [0.3, 0.4) is 0 Å². The SMILES string of the molecule is CN(C(=O)C1CCN(c2ncccn2)CC1)c1nccs1. The molecule has 0 radical (unpaired) electrons. The van der Waals surface area contributed by atoms with E-state index in [1.54, 1.807) is 30.5 Å². The molecule has 1 saturated heterocycles. The van der Waals surface area contributed by atoms with E-state index in [1.807, 2.05) is 11.4 Å². The van der Waals surface area contributed by atoms with Gasteiger partial charge in [0.05, 0.1) is 0 Å². The van der Waals surface area contributed by atoms with Crippen molar-refractivity contribution in [3.63, 3.8) is 0 Å². The van der Waals surface area contributed by atoms with Gasteiger partial charge in [0.25, 0.3) is 0 Å². The first-order valence-electron chi connectivity index (χ1n) is 6.95. The fourth-order valence-electron chi connectivity index (χ4n) is 2.53. The summed E-state index contributed by atoms with van der Waals surface area (Å²) in [5.41, 5.74) is 0. The maximum atomic E-state index is 12.5. The van der Waals surface area contributed by atoms with Gasteiger partial charge in [-0.2, -0.15) is 0 Å². The number of aromatic nitrogens is 3. The number of carbonyl (C=O) groups is 1. The van der Waals surface area contributed by atoms with Crippen LogP contribution in [-0.4, -0.2) is 41.0 Å². The second-order valence-electron chi connectivity index (χ2n) is 5.02. The van der Waals surface area contributed by atoms with Crippen LogP contribution in [0.5, 0.6) is 0 Å². The number of carbonyl (C=O) groups excluding carboxylic acids is 1. The van der Waals surface area contributed by atoms with Crippen molar-refractivity contribution in [1.29, 1.82) is 0 Å². The first-order valence-corrected chi connectivity index (χ1v) is 7.82. The number of anilines is 2. The predicted molar refractivity (Wildman–Crippen MR) is 82.5 cm³/mol. The summed E-state index contributed by atoms with van der Waals surface area (Å²) < 4.78 is 0. The quantitative estimate of drug-likeness (QED) is 0.865. The molecule has 1 amide bonds. The van der Waals surface area contributed by atoms with Gasteiger partial charge in [-0.25, -0.2) is 15.0 Å². The predicted octanol–water partition coefficient (Wildman–Crippen LogP) is 1.81. The summed E-state index contributed by atoms with van der Waals surface area (Å²) in [6.45, 7) is 1.62. The van der Waals surface area contributed by atoms with Crippen LogP contribution >= 0.6 is 11.3 Å². The van der Waals surface area contributed by atoms with Gasteiger partial charge in [-0.05, 0) is 18.9 Å². The largest absolute Gasteiger partial charge is 0.341 e. The zero-order valence-corrected chi connectivity index (χ0v) is 12.7. The molecule has 0 unspecified atom stereocenters. The van der Waals surface area contributed by atoms with Crippen LogP contribution < -0.4 is 9.80 Å². The molecule has 0 aliphatic carbocycles. The highest BCUT2D eigenvalue weighted by Gasteiger charge is 2.29. The van der Waals surface area contributed by atoms with Gasteiger partial charge in [-0.15, -0.1) is 11.3 Å². The second-order valence-corrected chi connectivity index (χ2v) is 5.90. The highest BCUT2D eigenvalue weighted by molar-refractivity contribution is 7.13. The molecule has 1 fully saturated rings. The van der Waals surface area contributed by atoms with E-state index in [4.69, 9.17) is 0 Å². The number of amides is 1. The molecule has 0 spiro atoms. The number of hydrogen-bond acceptors (Lipinski definition) is 6. The van der Waals surface area contributed by atoms with Gasteiger partial charge in [0.2, 0.25) is 11.9 Å². The highest BCUT2D eigenvalue weighted by Crippen LogP contribution is 2.25. The minimum Gasteiger partial charge on any atom is -0.341 e. The molecule has 3 rings (SSSR count). The average Bonchev–Trinajstić information content (AvgIpc) is 3.09. The lowest BCUT2D eigenvalue weighted by atomic mass is 9.96. The zero-order chi connectivity index (χ0) is 14.7. The normalized spacial score (nSPS) is 16.0. The topological polar surface area (TPSA) is 62.2 Å². The molecule has 0 atom stereocenters. The Hall–Kier alpha value is -2.02. The lowest BCUT2D eigenvalue weighted by Gasteiger charge is -2.32. The van der Waals surface area contributed by atoms with Crippen LogP contribution in [0.25, 0.3) is 0 Å². The van der Waals surface area contributed by atoms with Crippen molar-refractivity contribution in [2.75, 3.05) is 29.9 Å². The summed E-state index contributed by atoms with van der Waals surface area (Å²) in [7, 11) is 1.80. The number of rotatable bonds is 3. The first kappa shape index (κ1) is 13.9. The van der Waals surface area contributed by atoms with E-state index in [-0.39, 0.29) is 11.8 Å². The van der Waals surface area contributed by atoms with Crippen molar-refractivity contribution in [2.24, 2.45) is 5.92 Å². The van der Waals surface area contributed by atoms with Gasteiger partial charge >= 0.3 is 0 Å². The van der Waals surface area contributed by atoms with Crippen molar-refractivity contribution < 1.29 is 4.79 Å². The van der Waals surface area contributed by atoms with Crippen molar-refractivity contribution >= 4 is 28.3 Å². The number of hydrogen-bond donors (Lipinski definition) is 0. The fraction of sp³-hybridized carbons (Fsp3) is 0.429. The van der Waals surface area contributed by atoms with Crippen LogP contribution in [0, 0.1) is 5.92 Å². The third-order valence-corrected chi connectivity index (χ3v) is 4.56. The van der Waals surface area contributed by atoms with Crippen LogP contribution in [-0.2, 0) is 4.79 Å². The summed E-state index contributed by atoms with van der Waals surface area (Å²) in [4.78, 5) is 29.0. The van der Waals surface area contributed by atoms with E-state index >= 15 is 0 Å². The van der Waals surface area contributed by atoms with E-state index in [2.05, 4.69) is 19.9 Å². The maximum absolute atomic E-state index is 12.5. The molecule has 6 nitrogen and oxygen atoms in total. The standard InChI is InChI=1S/C14H17N5OS/c1-18(14-17-7-10-21-14)12(20)11-3-8-19(9-4-11)13-15-5-2-6-16-13/h2,5-7,10-11H,3-4,8-9H2,1H3. The van der Waals surface area contributed by atoms with Gasteiger partial charge in [-0.1, -0.05) is 0 Å². The molecule has 7 heteroatoms. The molecule has 21 heavy (non-hydrogen) atoms. The smallest absolute Gasteiger partial charge is 0.231 e. The minimum atomic E-state index is 0.0545. The Kier molecular flexibility index (Phi) is 4.10. The van der Waals surface area contributed by atoms with E-state index < -0.39 is 0 Å². The Bertz CT molecular complexity index is 581. The van der Waals surface area contributed by atoms with Crippen LogP contribution in [0.2, 0.25) is 0 Å². The lowest BCUT2D eigenvalue weighted by molar-refractivity contribution is -0.122. The Morgan fingerprint density at radius 2 is 1.95 bits per heavy atom. The minimum absolute atomic E-state index is 0.0545. The van der Waals surface area contributed by atoms with Crippen molar-refractivity contribution in [2.45, 2.75) is 12.8 Å². The molecular weight excluding hydrogens is 286 g/mol. The fourth-order valence-corrected chi connectivity index (χ4v) is 3.14. The first-order chi connectivity index (χ1) is 10.3. The summed E-state index contributed by atoms with van der Waals surface area (Å²) in [6, 6.07) is 1.81. The third kappa shape index (κ3) is 3.02. The molecular formula is C14H17N5OS. The Balaban J connectivity index is 1.59. The second kappa shape index (κ2) is 6.17. The number of piperidine rings is 1. The van der Waals surface area contributed by atoms with Gasteiger partial charge in [0, 0.05) is 50.0 Å². The molecule has 2 aromatic heterocycles. The Morgan fingerprint density at radius 3 is 2.57 bits per heavy atom. The molecule has 0 N–H and O–H groups in total. The van der Waals surface area contributed by atoms with Gasteiger partial charge in [-0.3, -0.25) is 9.69 Å². The lowest BCUT2D eigenvalue weighted by Crippen LogP contribution is -2.41. The number of nitrogens with zero attached hydrogens (tertiary/aromatic N) is 5. The van der Waals surface area contributed by atoms with E-state index in [9.17, 15) is 4.79 Å². The average molecular weight is 303 g/mol. The molecule has 0 saturated carbocycles. The van der Waals surface area contributed by atoms with E-state index in [1.165, 1.54) is 11.3 Å². The molecule has 2 aromatic rings. The highest BCUT2D eigenvalue weighted by atomic mass is 32.1. The molecule has 0 aromatic carbocycles. The summed E-state index contributed by atoms with van der Waals surface area (Å²) in [5.74, 6) is 0.953. The third-order valence-electron chi connectivity index (χ3n) is 3.72. The van der Waals surface area contributed by atoms with Gasteiger partial charge < -0.3 is 4.90 Å². The van der Waals surface area contributed by atoms with E-state index in [0.29, 0.717) is 0 Å². The summed E-state index contributed by atoms with van der Waals surface area (Å²) >= 11 is 1.48. The Morgan fingerprint density at radius 1 is 1.24 bits per heavy atom. The van der Waals surface area contributed by atoms with Crippen LogP contribution in [0.15, 0.2) is 30.0 Å². The van der Waals surface area contributed by atoms with E-state index in [0.717, 1.165) is 37.0 Å². The number of thiazole rings is 1. The van der Waals surface area contributed by atoms with Crippen molar-refractivity contribution in [3.05, 3.63) is 30.0 Å². The van der Waals surface area contributed by atoms with Crippen LogP contribution in [0.4, 0.5) is 11.1 Å². The zero-order valence-electron chi connectivity index (χ0n) is 11.8. The van der Waals surface area contributed by atoms with Gasteiger partial charge in [0.15, 0.2) is 5.13 Å². The molecule has 0 bridgehead atoms. The maximum Gasteiger partial charge on any atom is 0.231 e. The molecule has 1 aliphatic rings.